The van der Waals surface area contributed by atoms with Crippen molar-refractivity contribution in [3.63, 3.8) is 0 Å². The van der Waals surface area contributed by atoms with E-state index in [1.807, 2.05) is 0 Å². The summed E-state index contributed by atoms with van der Waals surface area (Å²) < 4.78 is 57.1. The number of hydrogen-bond acceptors (Lipinski definition) is 6. The molecule has 0 saturated carbocycles. The van der Waals surface area contributed by atoms with Crippen molar-refractivity contribution in [2.45, 2.75) is 0 Å². The first-order valence-corrected chi connectivity index (χ1v) is 4.73. The molecule has 0 unspecified atom stereocenters. The van der Waals surface area contributed by atoms with Crippen LogP contribution in [0.5, 0.6) is 0 Å². The van der Waals surface area contributed by atoms with Crippen LogP contribution in [0.3, 0.4) is 0 Å². The molecule has 0 aliphatic carbocycles. The van der Waals surface area contributed by atoms with Crippen molar-refractivity contribution in [3.8, 4) is 0 Å². The number of hydrogen-bond donors (Lipinski definition) is 0. The summed E-state index contributed by atoms with van der Waals surface area (Å²) in [5.41, 5.74) is 0. The van der Waals surface area contributed by atoms with Gasteiger partial charge in [0.05, 0.1) is 0 Å². The molecular formula is CH4CaO7S2. The van der Waals surface area contributed by atoms with Crippen molar-refractivity contribution in [1.29, 1.82) is 0 Å². The van der Waals surface area contributed by atoms with Crippen LogP contribution >= 0.6 is 0 Å². The van der Waals surface area contributed by atoms with Crippen LogP contribution < -0.4 is 0 Å². The molecule has 0 aliphatic heterocycles. The molecular weight excluding hydrogens is 228 g/mol. The van der Waals surface area contributed by atoms with Crippen molar-refractivity contribution in [3.05, 3.63) is 0 Å². The van der Waals surface area contributed by atoms with Gasteiger partial charge in [-0.25, -0.2) is 16.8 Å². The molecule has 0 radical (unpaired) electrons. The van der Waals surface area contributed by atoms with E-state index in [-0.39, 0.29) is 43.2 Å². The smallest absolute Gasteiger partial charge is 0.747 e. The quantitative estimate of drug-likeness (QED) is 0.362. The summed E-state index contributed by atoms with van der Waals surface area (Å²) in [6.45, 7) is 0. The molecule has 0 aromatic rings. The third-order valence-corrected chi connectivity index (χ3v) is 2.60. The molecule has 2 N–H and O–H groups in total. The van der Waals surface area contributed by atoms with Crippen molar-refractivity contribution in [2.24, 2.45) is 0 Å². The van der Waals surface area contributed by atoms with Gasteiger partial charge in [-0.15, -0.1) is 0 Å². The van der Waals surface area contributed by atoms with E-state index in [0.29, 0.717) is 0 Å². The first-order chi connectivity index (χ1) is 3.71. The minimum absolute atomic E-state index is 0. The van der Waals surface area contributed by atoms with Crippen LogP contribution in [-0.2, 0) is 20.2 Å². The fraction of sp³-hybridized carbons (Fsp3) is 1.00. The third kappa shape index (κ3) is 18.2. The maximum atomic E-state index is 9.51. The molecule has 0 saturated heterocycles. The van der Waals surface area contributed by atoms with Crippen LogP contribution in [-0.4, -0.2) is 74.2 Å². The second-order valence-electron chi connectivity index (χ2n) is 1.23. The molecule has 7 nitrogen and oxygen atoms in total. The topological polar surface area (TPSA) is 146 Å². The van der Waals surface area contributed by atoms with Crippen molar-refractivity contribution in [2.75, 3.05) is 5.08 Å². The largest absolute Gasteiger partial charge is 2.00 e. The van der Waals surface area contributed by atoms with E-state index in [2.05, 4.69) is 0 Å². The Morgan fingerprint density at radius 3 is 1.09 bits per heavy atom. The monoisotopic (exact) mass is 232 g/mol. The Morgan fingerprint density at radius 2 is 1.09 bits per heavy atom. The zero-order valence-electron chi connectivity index (χ0n) is 5.18. The Hall–Kier alpha value is 1.04. The van der Waals surface area contributed by atoms with Crippen LogP contribution in [0.15, 0.2) is 0 Å². The van der Waals surface area contributed by atoms with E-state index in [0.717, 1.165) is 0 Å². The Morgan fingerprint density at radius 1 is 0.909 bits per heavy atom. The molecule has 10 heteroatoms. The normalized spacial score (nSPS) is 11.1. The van der Waals surface area contributed by atoms with Gasteiger partial charge in [0.1, 0.15) is 25.3 Å². The first-order valence-electron chi connectivity index (χ1n) is 1.58. The molecule has 0 amide bonds. The van der Waals surface area contributed by atoms with E-state index >= 15 is 0 Å². The van der Waals surface area contributed by atoms with E-state index < -0.39 is 25.3 Å². The molecule has 0 rings (SSSR count). The first kappa shape index (κ1) is 18.0. The molecule has 0 spiro atoms. The predicted octanol–water partition coefficient (Wildman–Crippen LogP) is -3.17. The van der Waals surface area contributed by atoms with Crippen molar-refractivity contribution < 1.29 is 31.4 Å². The van der Waals surface area contributed by atoms with E-state index in [4.69, 9.17) is 0 Å². The van der Waals surface area contributed by atoms with Gasteiger partial charge in [-0.1, -0.05) is 0 Å². The molecule has 0 atom stereocenters. The second kappa shape index (κ2) is 5.65. The minimum atomic E-state index is -4.93. The summed E-state index contributed by atoms with van der Waals surface area (Å²) in [5, 5.41) is -1.88. The Balaban J connectivity index is -0.000000320. The molecule has 0 aromatic carbocycles. The van der Waals surface area contributed by atoms with Gasteiger partial charge in [-0.3, -0.25) is 0 Å². The van der Waals surface area contributed by atoms with Gasteiger partial charge in [0.25, 0.3) is 0 Å². The molecule has 64 valence electrons. The standard InChI is InChI=1S/CH4O6S2.Ca.H2O/c2-8(3,4)1-9(5,6)7;;/h1H2,(H,2,3,4)(H,5,6,7);;1H2/q;+2;/p-2. The van der Waals surface area contributed by atoms with Crippen LogP contribution in [0, 0.1) is 0 Å². The third-order valence-electron chi connectivity index (χ3n) is 0.289. The van der Waals surface area contributed by atoms with Gasteiger partial charge < -0.3 is 14.6 Å². The second-order valence-corrected chi connectivity index (χ2v) is 4.41. The molecule has 0 aliphatic rings. The predicted molar refractivity (Wildman–Crippen MR) is 33.6 cm³/mol. The van der Waals surface area contributed by atoms with Crippen molar-refractivity contribution in [1.82, 2.24) is 0 Å². The molecule has 0 fully saturated rings. The average Bonchev–Trinajstić information content (AvgIpc) is 1.14. The van der Waals surface area contributed by atoms with Crippen molar-refractivity contribution >= 4 is 58.0 Å². The fourth-order valence-corrected chi connectivity index (χ4v) is 1.59. The molecule has 11 heavy (non-hydrogen) atoms. The summed E-state index contributed by atoms with van der Waals surface area (Å²) in [4.78, 5) is 0. The van der Waals surface area contributed by atoms with E-state index in [1.165, 1.54) is 0 Å². The van der Waals surface area contributed by atoms with Gasteiger partial charge >= 0.3 is 37.7 Å². The zero-order chi connectivity index (χ0) is 7.71. The molecule has 0 bridgehead atoms. The van der Waals surface area contributed by atoms with Gasteiger partial charge in [-0.2, -0.15) is 0 Å². The summed E-state index contributed by atoms with van der Waals surface area (Å²) >= 11 is 0. The van der Waals surface area contributed by atoms with Crippen LogP contribution in [0.4, 0.5) is 0 Å². The Labute approximate surface area is 93.6 Å². The average molecular weight is 232 g/mol. The zero-order valence-corrected chi connectivity index (χ0v) is 9.02. The van der Waals surface area contributed by atoms with Gasteiger partial charge in [0.2, 0.25) is 0 Å². The van der Waals surface area contributed by atoms with Gasteiger partial charge in [0, 0.05) is 0 Å². The minimum Gasteiger partial charge on any atom is -0.747 e. The summed E-state index contributed by atoms with van der Waals surface area (Å²) in [6, 6.07) is 0. The van der Waals surface area contributed by atoms with Gasteiger partial charge in [-0.05, 0) is 0 Å². The van der Waals surface area contributed by atoms with Gasteiger partial charge in [0.15, 0.2) is 0 Å². The van der Waals surface area contributed by atoms with Crippen LogP contribution in [0.1, 0.15) is 0 Å². The maximum Gasteiger partial charge on any atom is 2.00 e. The van der Waals surface area contributed by atoms with Crippen LogP contribution in [0.25, 0.3) is 0 Å². The summed E-state index contributed by atoms with van der Waals surface area (Å²) in [6.07, 6.45) is 0. The maximum absolute atomic E-state index is 9.51. The van der Waals surface area contributed by atoms with E-state index in [1.54, 1.807) is 0 Å². The molecule has 0 heterocycles. The molecule has 0 aromatic heterocycles. The fourth-order valence-electron chi connectivity index (χ4n) is 0.177. The summed E-state index contributed by atoms with van der Waals surface area (Å²) in [7, 11) is -9.86. The van der Waals surface area contributed by atoms with E-state index in [9.17, 15) is 25.9 Å². The van der Waals surface area contributed by atoms with Crippen LogP contribution in [0.2, 0.25) is 0 Å². The summed E-state index contributed by atoms with van der Waals surface area (Å²) in [5.74, 6) is 0. The number of rotatable bonds is 2. The Kier molecular flexibility index (Phi) is 9.22. The Bertz CT molecular complexity index is 242. The SMILES string of the molecule is O.O=S(=O)([O-])CS(=O)(=O)[O-].[Ca+2].